The van der Waals surface area contributed by atoms with Gasteiger partial charge in [0.2, 0.25) is 0 Å². The van der Waals surface area contributed by atoms with Crippen LogP contribution in [0.2, 0.25) is 5.02 Å². The first-order chi connectivity index (χ1) is 16.4. The maximum atomic E-state index is 12.7. The van der Waals surface area contributed by atoms with Gasteiger partial charge in [0.1, 0.15) is 23.8 Å². The molecule has 3 N–H and O–H groups in total. The van der Waals surface area contributed by atoms with Crippen molar-refractivity contribution >= 4 is 51.9 Å². The number of carbonyl (C=O) groups is 1. The molecule has 176 valence electrons. The molecule has 0 spiro atoms. The molecule has 3 aromatic rings. The van der Waals surface area contributed by atoms with Gasteiger partial charge in [-0.15, -0.1) is 0 Å². The minimum atomic E-state index is -0.584. The minimum Gasteiger partial charge on any atom is -0.459 e. The topological polar surface area (TPSA) is 121 Å². The van der Waals surface area contributed by atoms with E-state index in [1.807, 2.05) is 4.90 Å². The Balaban J connectivity index is 1.48. The number of amides is 1. The Labute approximate surface area is 205 Å². The second-order valence-corrected chi connectivity index (χ2v) is 8.50. The number of aliphatic hydroxyl groups is 1. The van der Waals surface area contributed by atoms with E-state index in [2.05, 4.69) is 10.6 Å². The standard InChI is InChI=1S/C23H21ClN4O5S/c24-17-6-3-14(21-8-5-16(13-29)33-21)11-18(17)25-23(34)26-22(30)15-4-7-19(20(12-15)28(31)32)27-9-1-2-10-27/h3-8,11-12,29H,1-2,9-10,13H2,(H2,25,26,30,34). The Bertz CT molecular complexity index is 1260. The second kappa shape index (κ2) is 10.2. The van der Waals surface area contributed by atoms with Crippen molar-refractivity contribution in [2.45, 2.75) is 19.4 Å². The fraction of sp³-hybridized carbons (Fsp3) is 0.217. The van der Waals surface area contributed by atoms with Crippen molar-refractivity contribution < 1.29 is 19.2 Å². The van der Waals surface area contributed by atoms with E-state index >= 15 is 0 Å². The summed E-state index contributed by atoms with van der Waals surface area (Å²) >= 11 is 11.5. The first-order valence-electron chi connectivity index (χ1n) is 10.5. The Kier molecular flexibility index (Phi) is 7.11. The lowest BCUT2D eigenvalue weighted by Gasteiger charge is -2.18. The van der Waals surface area contributed by atoms with E-state index < -0.39 is 10.8 Å². The number of rotatable bonds is 6. The van der Waals surface area contributed by atoms with E-state index in [1.54, 1.807) is 42.5 Å². The van der Waals surface area contributed by atoms with Gasteiger partial charge in [-0.25, -0.2) is 0 Å². The van der Waals surface area contributed by atoms with Crippen LogP contribution in [0.5, 0.6) is 0 Å². The Morgan fingerprint density at radius 2 is 1.94 bits per heavy atom. The molecule has 9 nitrogen and oxygen atoms in total. The van der Waals surface area contributed by atoms with Crippen LogP contribution in [0.15, 0.2) is 52.9 Å². The van der Waals surface area contributed by atoms with E-state index in [9.17, 15) is 20.0 Å². The number of nitrogens with zero attached hydrogens (tertiary/aromatic N) is 2. The molecule has 0 atom stereocenters. The van der Waals surface area contributed by atoms with Crippen molar-refractivity contribution in [3.63, 3.8) is 0 Å². The van der Waals surface area contributed by atoms with Crippen LogP contribution in [0.4, 0.5) is 17.1 Å². The third-order valence-electron chi connectivity index (χ3n) is 5.42. The lowest BCUT2D eigenvalue weighted by Crippen LogP contribution is -2.34. The molecule has 1 fully saturated rings. The maximum absolute atomic E-state index is 12.7. The number of nitrogens with one attached hydrogen (secondary N) is 2. The summed E-state index contributed by atoms with van der Waals surface area (Å²) in [5.74, 6) is 0.371. The van der Waals surface area contributed by atoms with Crippen molar-refractivity contribution in [2.75, 3.05) is 23.3 Å². The SMILES string of the molecule is O=C(NC(=S)Nc1cc(-c2ccc(CO)o2)ccc1Cl)c1ccc(N2CCCC2)c([N+](=O)[O-])c1. The van der Waals surface area contributed by atoms with E-state index in [-0.39, 0.29) is 23.0 Å². The highest BCUT2D eigenvalue weighted by Crippen LogP contribution is 2.32. The molecular formula is C23H21ClN4O5S. The van der Waals surface area contributed by atoms with Crippen LogP contribution in [-0.4, -0.2) is 34.1 Å². The molecule has 2 heterocycles. The van der Waals surface area contributed by atoms with Crippen LogP contribution in [-0.2, 0) is 6.61 Å². The van der Waals surface area contributed by atoms with Gasteiger partial charge in [0, 0.05) is 30.3 Å². The fourth-order valence-corrected chi connectivity index (χ4v) is 4.13. The number of nitro groups is 1. The van der Waals surface area contributed by atoms with Crippen molar-refractivity contribution in [1.82, 2.24) is 5.32 Å². The highest BCUT2D eigenvalue weighted by atomic mass is 35.5. The molecular weight excluding hydrogens is 480 g/mol. The summed E-state index contributed by atoms with van der Waals surface area (Å²) in [4.78, 5) is 25.8. The van der Waals surface area contributed by atoms with Gasteiger partial charge in [-0.05, 0) is 67.5 Å². The molecule has 1 amide bonds. The normalized spacial score (nSPS) is 13.1. The average molecular weight is 501 g/mol. The van der Waals surface area contributed by atoms with Gasteiger partial charge in [-0.1, -0.05) is 11.6 Å². The largest absolute Gasteiger partial charge is 0.459 e. The van der Waals surface area contributed by atoms with Gasteiger partial charge in [-0.3, -0.25) is 20.2 Å². The zero-order chi connectivity index (χ0) is 24.2. The van der Waals surface area contributed by atoms with Crippen molar-refractivity contribution in [1.29, 1.82) is 0 Å². The van der Waals surface area contributed by atoms with Gasteiger partial charge < -0.3 is 19.7 Å². The second-order valence-electron chi connectivity index (χ2n) is 7.68. The monoisotopic (exact) mass is 500 g/mol. The number of halogens is 1. The number of benzene rings is 2. The van der Waals surface area contributed by atoms with E-state index in [0.29, 0.717) is 33.5 Å². The van der Waals surface area contributed by atoms with Crippen molar-refractivity contribution in [3.05, 3.63) is 75.0 Å². The number of hydrogen-bond donors (Lipinski definition) is 3. The molecule has 34 heavy (non-hydrogen) atoms. The molecule has 1 aliphatic heterocycles. The van der Waals surface area contributed by atoms with E-state index in [1.165, 1.54) is 6.07 Å². The molecule has 0 bridgehead atoms. The summed E-state index contributed by atoms with van der Waals surface area (Å²) in [6.07, 6.45) is 1.96. The summed E-state index contributed by atoms with van der Waals surface area (Å²) < 4.78 is 5.54. The van der Waals surface area contributed by atoms with Gasteiger partial charge in [0.05, 0.1) is 15.6 Å². The number of furan rings is 1. The van der Waals surface area contributed by atoms with E-state index in [4.69, 9.17) is 28.2 Å². The summed E-state index contributed by atoms with van der Waals surface area (Å²) in [6, 6.07) is 12.9. The predicted molar refractivity (Wildman–Crippen MR) is 133 cm³/mol. The van der Waals surface area contributed by atoms with Gasteiger partial charge in [-0.2, -0.15) is 0 Å². The zero-order valence-corrected chi connectivity index (χ0v) is 19.5. The molecule has 1 saturated heterocycles. The van der Waals surface area contributed by atoms with Crippen LogP contribution in [0, 0.1) is 10.1 Å². The van der Waals surface area contributed by atoms with Crippen LogP contribution in [0.3, 0.4) is 0 Å². The molecule has 0 aliphatic carbocycles. The Morgan fingerprint density at radius 1 is 1.18 bits per heavy atom. The third kappa shape index (κ3) is 5.19. The summed E-state index contributed by atoms with van der Waals surface area (Å²) in [5.41, 5.74) is 1.62. The number of anilines is 2. The zero-order valence-electron chi connectivity index (χ0n) is 17.9. The molecule has 1 aliphatic rings. The molecule has 4 rings (SSSR count). The summed E-state index contributed by atoms with van der Waals surface area (Å²) in [5, 5.41) is 26.5. The number of aliphatic hydroxyl groups excluding tert-OH is 1. The van der Waals surface area contributed by atoms with Crippen LogP contribution in [0.1, 0.15) is 29.0 Å². The molecule has 2 aromatic carbocycles. The number of nitro benzene ring substituents is 1. The van der Waals surface area contributed by atoms with Crippen molar-refractivity contribution in [2.24, 2.45) is 0 Å². The van der Waals surface area contributed by atoms with E-state index in [0.717, 1.165) is 25.9 Å². The van der Waals surface area contributed by atoms with Gasteiger partial charge in [0.25, 0.3) is 11.6 Å². The third-order valence-corrected chi connectivity index (χ3v) is 5.96. The van der Waals surface area contributed by atoms with Gasteiger partial charge in [0.15, 0.2) is 5.11 Å². The predicted octanol–water partition coefficient (Wildman–Crippen LogP) is 4.73. The summed E-state index contributed by atoms with van der Waals surface area (Å²) in [6.45, 7) is 1.28. The Hall–Kier alpha value is -3.47. The Morgan fingerprint density at radius 3 is 2.62 bits per heavy atom. The van der Waals surface area contributed by atoms with Crippen molar-refractivity contribution in [3.8, 4) is 11.3 Å². The van der Waals surface area contributed by atoms with Crippen LogP contribution >= 0.6 is 23.8 Å². The van der Waals surface area contributed by atoms with Gasteiger partial charge >= 0.3 is 0 Å². The highest BCUT2D eigenvalue weighted by molar-refractivity contribution is 7.80. The lowest BCUT2D eigenvalue weighted by atomic mass is 10.1. The molecule has 1 aromatic heterocycles. The number of thiocarbonyl (C=S) groups is 1. The smallest absolute Gasteiger partial charge is 0.293 e. The molecule has 0 radical (unpaired) electrons. The minimum absolute atomic E-state index is 0.0224. The molecule has 11 heteroatoms. The average Bonchev–Trinajstić information content (AvgIpc) is 3.52. The lowest BCUT2D eigenvalue weighted by molar-refractivity contribution is -0.384. The highest BCUT2D eigenvalue weighted by Gasteiger charge is 2.24. The van der Waals surface area contributed by atoms with Crippen LogP contribution in [0.25, 0.3) is 11.3 Å². The van der Waals surface area contributed by atoms with Crippen LogP contribution < -0.4 is 15.5 Å². The first kappa shape index (κ1) is 23.7. The fourth-order valence-electron chi connectivity index (χ4n) is 3.76. The summed E-state index contributed by atoms with van der Waals surface area (Å²) in [7, 11) is 0. The quantitative estimate of drug-likeness (QED) is 0.252. The first-order valence-corrected chi connectivity index (χ1v) is 11.3. The number of carbonyl (C=O) groups excluding carboxylic acids is 1. The number of hydrogen-bond acceptors (Lipinski definition) is 7. The molecule has 0 unspecified atom stereocenters. The maximum Gasteiger partial charge on any atom is 0.293 e. The molecule has 0 saturated carbocycles.